The molecule has 0 radical (unpaired) electrons. The lowest BCUT2D eigenvalue weighted by atomic mass is 10.2. The van der Waals surface area contributed by atoms with Crippen LogP contribution in [0.5, 0.6) is 5.75 Å². The molecule has 1 aliphatic heterocycles. The minimum Gasteiger partial charge on any atom is -0.497 e. The van der Waals surface area contributed by atoms with Gasteiger partial charge in [0.05, 0.1) is 35.7 Å². The van der Waals surface area contributed by atoms with E-state index in [4.69, 9.17) is 15.2 Å². The Balaban J connectivity index is 2.24. The van der Waals surface area contributed by atoms with Crippen LogP contribution in [0.3, 0.4) is 0 Å². The van der Waals surface area contributed by atoms with Crippen LogP contribution in [0.25, 0.3) is 0 Å². The second-order valence-electron chi connectivity index (χ2n) is 4.83. The van der Waals surface area contributed by atoms with Crippen molar-refractivity contribution in [2.24, 2.45) is 0 Å². The second-order valence-corrected chi connectivity index (χ2v) is 6.83. The highest BCUT2D eigenvalue weighted by atomic mass is 32.2. The Morgan fingerprint density at radius 3 is 2.74 bits per heavy atom. The monoisotopic (exact) mass is 285 g/mol. The van der Waals surface area contributed by atoms with E-state index < -0.39 is 9.84 Å². The Hall–Kier alpha value is -1.27. The summed E-state index contributed by atoms with van der Waals surface area (Å²) in [7, 11) is -1.97. The van der Waals surface area contributed by atoms with Crippen LogP contribution in [-0.4, -0.2) is 33.5 Å². The van der Waals surface area contributed by atoms with Crippen molar-refractivity contribution in [2.75, 3.05) is 18.6 Å². The molecule has 2 atom stereocenters. The van der Waals surface area contributed by atoms with Crippen molar-refractivity contribution < 1.29 is 17.9 Å². The summed E-state index contributed by atoms with van der Waals surface area (Å²) < 4.78 is 35.3. The Morgan fingerprint density at radius 2 is 2.16 bits per heavy atom. The van der Waals surface area contributed by atoms with Crippen LogP contribution in [0.4, 0.5) is 5.69 Å². The van der Waals surface area contributed by atoms with Gasteiger partial charge in [-0.2, -0.15) is 0 Å². The normalized spacial score (nSPS) is 23.5. The van der Waals surface area contributed by atoms with Gasteiger partial charge in [-0.1, -0.05) is 0 Å². The van der Waals surface area contributed by atoms with Crippen molar-refractivity contribution in [3.05, 3.63) is 18.2 Å². The highest BCUT2D eigenvalue weighted by Gasteiger charge is 2.29. The molecule has 2 unspecified atom stereocenters. The molecule has 106 valence electrons. The quantitative estimate of drug-likeness (QED) is 0.850. The van der Waals surface area contributed by atoms with E-state index in [-0.39, 0.29) is 28.5 Å². The molecule has 1 aliphatic rings. The standard InChI is InChI=1S/C13H19NO4S/c1-9-3-4-11(18-9)8-19(15,16)13-7-10(17-2)5-6-12(13)14/h5-7,9,11H,3-4,8,14H2,1-2H3. The SMILES string of the molecule is COc1ccc(N)c(S(=O)(=O)CC2CCC(C)O2)c1. The molecule has 0 spiro atoms. The van der Waals surface area contributed by atoms with Crippen LogP contribution in [0.1, 0.15) is 19.8 Å². The minimum atomic E-state index is -3.46. The molecule has 0 aliphatic carbocycles. The Morgan fingerprint density at radius 1 is 1.42 bits per heavy atom. The minimum absolute atomic E-state index is 0.0330. The number of ether oxygens (including phenoxy) is 2. The van der Waals surface area contributed by atoms with E-state index in [9.17, 15) is 8.42 Å². The van der Waals surface area contributed by atoms with Crippen LogP contribution in [0.15, 0.2) is 23.1 Å². The van der Waals surface area contributed by atoms with Crippen molar-refractivity contribution in [2.45, 2.75) is 36.9 Å². The van der Waals surface area contributed by atoms with Gasteiger partial charge in [-0.05, 0) is 31.9 Å². The fraction of sp³-hybridized carbons (Fsp3) is 0.538. The van der Waals surface area contributed by atoms with E-state index >= 15 is 0 Å². The van der Waals surface area contributed by atoms with Crippen LogP contribution in [-0.2, 0) is 14.6 Å². The van der Waals surface area contributed by atoms with Crippen LogP contribution in [0.2, 0.25) is 0 Å². The van der Waals surface area contributed by atoms with E-state index in [1.54, 1.807) is 12.1 Å². The van der Waals surface area contributed by atoms with Gasteiger partial charge in [-0.15, -0.1) is 0 Å². The van der Waals surface area contributed by atoms with Crippen molar-refractivity contribution in [1.29, 1.82) is 0 Å². The third-order valence-electron chi connectivity index (χ3n) is 3.28. The lowest BCUT2D eigenvalue weighted by Gasteiger charge is -2.13. The fourth-order valence-corrected chi connectivity index (χ4v) is 3.89. The summed E-state index contributed by atoms with van der Waals surface area (Å²) in [6.45, 7) is 1.95. The summed E-state index contributed by atoms with van der Waals surface area (Å²) in [5.41, 5.74) is 6.00. The molecule has 0 saturated carbocycles. The Bertz CT molecular complexity index is 556. The number of methoxy groups -OCH3 is 1. The van der Waals surface area contributed by atoms with E-state index in [2.05, 4.69) is 0 Å². The number of anilines is 1. The summed E-state index contributed by atoms with van der Waals surface area (Å²) in [5.74, 6) is 0.447. The van der Waals surface area contributed by atoms with Crippen molar-refractivity contribution in [3.8, 4) is 5.75 Å². The highest BCUT2D eigenvalue weighted by Crippen LogP contribution is 2.28. The van der Waals surface area contributed by atoms with E-state index in [0.29, 0.717) is 5.75 Å². The van der Waals surface area contributed by atoms with Crippen molar-refractivity contribution in [3.63, 3.8) is 0 Å². The molecule has 6 heteroatoms. The third-order valence-corrected chi connectivity index (χ3v) is 5.12. The predicted octanol–water partition coefficient (Wildman–Crippen LogP) is 1.62. The molecule has 0 amide bonds. The summed E-state index contributed by atoms with van der Waals surface area (Å²) in [5, 5.41) is 0. The van der Waals surface area contributed by atoms with E-state index in [1.807, 2.05) is 6.92 Å². The summed E-state index contributed by atoms with van der Waals surface area (Å²) >= 11 is 0. The van der Waals surface area contributed by atoms with E-state index in [1.165, 1.54) is 13.2 Å². The number of hydrogen-bond acceptors (Lipinski definition) is 5. The van der Waals surface area contributed by atoms with Gasteiger partial charge in [0, 0.05) is 6.07 Å². The molecular weight excluding hydrogens is 266 g/mol. The zero-order valence-electron chi connectivity index (χ0n) is 11.1. The average molecular weight is 285 g/mol. The highest BCUT2D eigenvalue weighted by molar-refractivity contribution is 7.91. The fourth-order valence-electron chi connectivity index (χ4n) is 2.25. The Labute approximate surface area is 113 Å². The summed E-state index contributed by atoms with van der Waals surface area (Å²) in [6.07, 6.45) is 1.55. The summed E-state index contributed by atoms with van der Waals surface area (Å²) in [4.78, 5) is 0.120. The van der Waals surface area contributed by atoms with Gasteiger partial charge in [0.15, 0.2) is 9.84 Å². The number of hydrogen-bond donors (Lipinski definition) is 1. The molecule has 5 nitrogen and oxygen atoms in total. The van der Waals surface area contributed by atoms with Gasteiger partial charge in [-0.25, -0.2) is 8.42 Å². The van der Waals surface area contributed by atoms with Gasteiger partial charge in [0.25, 0.3) is 0 Å². The van der Waals surface area contributed by atoms with Crippen molar-refractivity contribution >= 4 is 15.5 Å². The second kappa shape index (κ2) is 5.38. The molecule has 0 bridgehead atoms. The zero-order chi connectivity index (χ0) is 14.0. The molecule has 1 aromatic carbocycles. The molecule has 0 aromatic heterocycles. The molecule has 2 rings (SSSR count). The number of sulfone groups is 1. The maximum absolute atomic E-state index is 12.4. The third kappa shape index (κ3) is 3.19. The first kappa shape index (κ1) is 14.1. The van der Waals surface area contributed by atoms with Gasteiger partial charge in [-0.3, -0.25) is 0 Å². The zero-order valence-corrected chi connectivity index (χ0v) is 11.9. The van der Waals surface area contributed by atoms with Crippen LogP contribution < -0.4 is 10.5 Å². The summed E-state index contributed by atoms with van der Waals surface area (Å²) in [6, 6.07) is 4.65. The molecule has 2 N–H and O–H groups in total. The Kier molecular flexibility index (Phi) is 4.01. The van der Waals surface area contributed by atoms with E-state index in [0.717, 1.165) is 12.8 Å². The number of nitrogens with two attached hydrogens (primary N) is 1. The molecular formula is C13H19NO4S. The number of rotatable bonds is 4. The lowest BCUT2D eigenvalue weighted by molar-refractivity contribution is 0.0690. The molecule has 19 heavy (non-hydrogen) atoms. The molecule has 1 fully saturated rings. The van der Waals surface area contributed by atoms with Crippen molar-refractivity contribution in [1.82, 2.24) is 0 Å². The van der Waals surface area contributed by atoms with Crippen LogP contribution in [0, 0.1) is 0 Å². The van der Waals surface area contributed by atoms with Crippen LogP contribution >= 0.6 is 0 Å². The van der Waals surface area contributed by atoms with Gasteiger partial charge >= 0.3 is 0 Å². The van der Waals surface area contributed by atoms with Gasteiger partial charge in [0.2, 0.25) is 0 Å². The topological polar surface area (TPSA) is 78.6 Å². The largest absolute Gasteiger partial charge is 0.497 e. The average Bonchev–Trinajstić information content (AvgIpc) is 2.74. The number of benzene rings is 1. The molecule has 1 heterocycles. The maximum Gasteiger partial charge on any atom is 0.183 e. The van der Waals surface area contributed by atoms with Gasteiger partial charge < -0.3 is 15.2 Å². The first-order chi connectivity index (χ1) is 8.92. The predicted molar refractivity (Wildman–Crippen MR) is 73.0 cm³/mol. The maximum atomic E-state index is 12.4. The number of nitrogen functional groups attached to an aromatic ring is 1. The first-order valence-electron chi connectivity index (χ1n) is 6.24. The van der Waals surface area contributed by atoms with Gasteiger partial charge in [0.1, 0.15) is 5.75 Å². The lowest BCUT2D eigenvalue weighted by Crippen LogP contribution is -2.22. The first-order valence-corrected chi connectivity index (χ1v) is 7.89. The molecule has 1 saturated heterocycles. The smallest absolute Gasteiger partial charge is 0.183 e. The molecule has 1 aromatic rings.